The number of amides is 2. The highest BCUT2D eigenvalue weighted by molar-refractivity contribution is 5.69. The zero-order valence-electron chi connectivity index (χ0n) is 48.4. The maximum absolute atomic E-state index is 13.1. The zero-order valence-corrected chi connectivity index (χ0v) is 48.4. The molecular formula is C59H114N4O12. The van der Waals surface area contributed by atoms with Gasteiger partial charge in [0.25, 0.3) is 0 Å². The van der Waals surface area contributed by atoms with Crippen molar-refractivity contribution in [1.82, 2.24) is 20.4 Å². The van der Waals surface area contributed by atoms with E-state index in [2.05, 4.69) is 34.3 Å². The van der Waals surface area contributed by atoms with Crippen LogP contribution >= 0.6 is 0 Å². The SMILES string of the molecule is CCCCCCCCCCCC(=O)OCCCCCCCOCC(OC(=O)NCCCN1CCOCC1)C(COCCCCCCCOC)OC(=O)NCCCN1CCOCC1.CCCCCCCCCCCC=O. The van der Waals surface area contributed by atoms with Crippen molar-refractivity contribution in [2.45, 2.75) is 232 Å². The van der Waals surface area contributed by atoms with Gasteiger partial charge in [-0.05, 0) is 64.5 Å². The number of unbranched alkanes of at least 4 members (excludes halogenated alkanes) is 25. The van der Waals surface area contributed by atoms with E-state index in [0.29, 0.717) is 39.3 Å². The Labute approximate surface area is 457 Å². The molecule has 0 spiro atoms. The van der Waals surface area contributed by atoms with Gasteiger partial charge in [-0.15, -0.1) is 0 Å². The number of hydrogen-bond donors (Lipinski definition) is 2. The lowest BCUT2D eigenvalue weighted by Crippen LogP contribution is -2.46. The van der Waals surface area contributed by atoms with Crippen LogP contribution in [-0.2, 0) is 47.5 Å². The van der Waals surface area contributed by atoms with Gasteiger partial charge in [0.1, 0.15) is 6.29 Å². The smallest absolute Gasteiger partial charge is 0.407 e. The summed E-state index contributed by atoms with van der Waals surface area (Å²) in [6.07, 6.45) is 33.8. The molecule has 2 aliphatic heterocycles. The highest BCUT2D eigenvalue weighted by atomic mass is 16.6. The van der Waals surface area contributed by atoms with Crippen LogP contribution in [0.5, 0.6) is 0 Å². The van der Waals surface area contributed by atoms with Crippen LogP contribution < -0.4 is 10.6 Å². The van der Waals surface area contributed by atoms with Crippen molar-refractivity contribution in [1.29, 1.82) is 0 Å². The molecule has 16 nitrogen and oxygen atoms in total. The van der Waals surface area contributed by atoms with Gasteiger partial charge in [0, 0.05) is 79.0 Å². The van der Waals surface area contributed by atoms with E-state index >= 15 is 0 Å². The first-order valence-electron chi connectivity index (χ1n) is 30.7. The minimum atomic E-state index is -0.868. The van der Waals surface area contributed by atoms with Crippen molar-refractivity contribution < 1.29 is 57.1 Å². The van der Waals surface area contributed by atoms with Gasteiger partial charge in [0.2, 0.25) is 0 Å². The van der Waals surface area contributed by atoms with Gasteiger partial charge in [0.15, 0.2) is 12.2 Å². The summed E-state index contributed by atoms with van der Waals surface area (Å²) in [4.78, 5) is 53.1. The molecular weight excluding hydrogens is 957 g/mol. The molecule has 2 aliphatic rings. The second-order valence-corrected chi connectivity index (χ2v) is 20.6. The van der Waals surface area contributed by atoms with Gasteiger partial charge >= 0.3 is 18.2 Å². The number of carbonyl (C=O) groups excluding carboxylic acids is 4. The number of rotatable bonds is 51. The van der Waals surface area contributed by atoms with Crippen molar-refractivity contribution in [3.8, 4) is 0 Å². The monoisotopic (exact) mass is 1070 g/mol. The lowest BCUT2D eigenvalue weighted by atomic mass is 10.1. The molecule has 0 aromatic rings. The number of carbonyl (C=O) groups is 4. The standard InChI is InChI=1S/C47H90N4O11.C12H24O/c1-3-4-5-6-7-8-9-12-17-24-45(52)60-36-21-16-11-15-20-35-59-42-44(62-47(54)49-26-23-28-51-31-39-57-40-32-51)43(41-58-34-19-14-10-13-18-33-55-2)61-46(53)48-25-22-27-50-29-37-56-38-30-50;1-2-3-4-5-6-7-8-9-10-11-12-13/h43-44H,3-42H2,1-2H3,(H,48,53)(H,49,54);12H,2-11H2,1H3. The maximum Gasteiger partial charge on any atom is 0.407 e. The molecule has 2 N–H and O–H groups in total. The lowest BCUT2D eigenvalue weighted by molar-refractivity contribution is -0.143. The summed E-state index contributed by atoms with van der Waals surface area (Å²) in [7, 11) is 1.72. The fourth-order valence-corrected chi connectivity index (χ4v) is 9.02. The lowest BCUT2D eigenvalue weighted by Gasteiger charge is -2.28. The molecule has 2 amide bonds. The summed E-state index contributed by atoms with van der Waals surface area (Å²) in [5.74, 6) is -0.0811. The summed E-state index contributed by atoms with van der Waals surface area (Å²) >= 11 is 0. The fraction of sp³-hybridized carbons (Fsp3) is 0.932. The Morgan fingerprint density at radius 2 is 0.853 bits per heavy atom. The minimum absolute atomic E-state index is 0.0634. The Balaban J connectivity index is 0.00000189. The molecule has 2 saturated heterocycles. The van der Waals surface area contributed by atoms with E-state index in [1.165, 1.54) is 96.3 Å². The molecule has 0 saturated carbocycles. The summed E-state index contributed by atoms with van der Waals surface area (Å²) in [5, 5.41) is 5.76. The third-order valence-electron chi connectivity index (χ3n) is 13.8. The molecule has 2 atom stereocenters. The Morgan fingerprint density at radius 3 is 1.27 bits per heavy atom. The van der Waals surface area contributed by atoms with E-state index in [0.717, 1.165) is 181 Å². The number of alkyl carbamates (subject to hydrolysis) is 2. The Bertz CT molecular complexity index is 1260. The van der Waals surface area contributed by atoms with Gasteiger partial charge in [-0.3, -0.25) is 14.6 Å². The third kappa shape index (κ3) is 48.3. The predicted octanol–water partition coefficient (Wildman–Crippen LogP) is 11.8. The Kier molecular flexibility index (Phi) is 52.7. The van der Waals surface area contributed by atoms with Crippen LogP contribution in [0.3, 0.4) is 0 Å². The molecule has 0 aromatic heterocycles. The Hall–Kier alpha value is -2.60. The Morgan fingerprint density at radius 1 is 0.480 bits per heavy atom. The van der Waals surface area contributed by atoms with E-state index in [9.17, 15) is 19.2 Å². The molecule has 0 aliphatic carbocycles. The van der Waals surface area contributed by atoms with E-state index in [1.54, 1.807) is 7.11 Å². The molecule has 0 bridgehead atoms. The number of ether oxygens (including phenoxy) is 8. The topological polar surface area (TPSA) is 173 Å². The van der Waals surface area contributed by atoms with Gasteiger partial charge < -0.3 is 53.3 Å². The second-order valence-electron chi connectivity index (χ2n) is 20.6. The van der Waals surface area contributed by atoms with Crippen LogP contribution in [0.4, 0.5) is 9.59 Å². The number of aldehydes is 1. The molecule has 2 fully saturated rings. The van der Waals surface area contributed by atoms with E-state index in [1.807, 2.05) is 0 Å². The average Bonchev–Trinajstić information content (AvgIpc) is 3.42. The second kappa shape index (κ2) is 56.1. The van der Waals surface area contributed by atoms with Crippen molar-refractivity contribution in [2.75, 3.05) is 126 Å². The fourth-order valence-electron chi connectivity index (χ4n) is 9.02. The van der Waals surface area contributed by atoms with E-state index in [-0.39, 0.29) is 19.2 Å². The van der Waals surface area contributed by atoms with Gasteiger partial charge in [-0.2, -0.15) is 0 Å². The molecule has 0 aromatic carbocycles. The molecule has 2 unspecified atom stereocenters. The number of methoxy groups -OCH3 is 1. The highest BCUT2D eigenvalue weighted by Crippen LogP contribution is 2.14. The van der Waals surface area contributed by atoms with Crippen LogP contribution in [-0.4, -0.2) is 172 Å². The van der Waals surface area contributed by atoms with Gasteiger partial charge in [-0.1, -0.05) is 155 Å². The van der Waals surface area contributed by atoms with Crippen molar-refractivity contribution in [3.63, 3.8) is 0 Å². The number of hydrogen-bond acceptors (Lipinski definition) is 14. The predicted molar refractivity (Wildman–Crippen MR) is 301 cm³/mol. The van der Waals surface area contributed by atoms with E-state index in [4.69, 9.17) is 37.9 Å². The summed E-state index contributed by atoms with van der Waals surface area (Å²) in [6, 6.07) is 0. The van der Waals surface area contributed by atoms with Crippen molar-refractivity contribution in [3.05, 3.63) is 0 Å². The average molecular weight is 1070 g/mol. The highest BCUT2D eigenvalue weighted by Gasteiger charge is 2.30. The third-order valence-corrected chi connectivity index (χ3v) is 13.8. The van der Waals surface area contributed by atoms with Crippen LogP contribution in [0.1, 0.15) is 219 Å². The van der Waals surface area contributed by atoms with E-state index < -0.39 is 24.4 Å². The number of nitrogens with zero attached hydrogens (tertiary/aromatic N) is 2. The summed E-state index contributed by atoms with van der Waals surface area (Å²) in [5.41, 5.74) is 0. The maximum atomic E-state index is 13.1. The largest absolute Gasteiger partial charge is 0.466 e. The normalized spacial score (nSPS) is 14.9. The van der Waals surface area contributed by atoms with Crippen LogP contribution in [0.15, 0.2) is 0 Å². The first-order valence-corrected chi connectivity index (χ1v) is 30.7. The minimum Gasteiger partial charge on any atom is -0.466 e. The molecule has 2 heterocycles. The molecule has 75 heavy (non-hydrogen) atoms. The molecule has 2 rings (SSSR count). The first kappa shape index (κ1) is 70.4. The zero-order chi connectivity index (χ0) is 54.2. The molecule has 442 valence electrons. The molecule has 16 heteroatoms. The van der Waals surface area contributed by atoms with Crippen molar-refractivity contribution >= 4 is 24.4 Å². The van der Waals surface area contributed by atoms with Crippen LogP contribution in [0.25, 0.3) is 0 Å². The number of nitrogens with one attached hydrogen (secondary N) is 2. The van der Waals surface area contributed by atoms with Crippen molar-refractivity contribution in [2.24, 2.45) is 0 Å². The summed E-state index contributed by atoms with van der Waals surface area (Å²) in [6.45, 7) is 16.0. The van der Waals surface area contributed by atoms with Gasteiger partial charge in [0.05, 0.1) is 46.2 Å². The summed E-state index contributed by atoms with van der Waals surface area (Å²) < 4.78 is 45.5. The quantitative estimate of drug-likeness (QED) is 0.0255. The van der Waals surface area contributed by atoms with Crippen LogP contribution in [0, 0.1) is 0 Å². The number of morpholine rings is 2. The van der Waals surface area contributed by atoms with Crippen LogP contribution in [0.2, 0.25) is 0 Å². The first-order chi connectivity index (χ1) is 36.9. The van der Waals surface area contributed by atoms with Gasteiger partial charge in [-0.25, -0.2) is 9.59 Å². The number of esters is 1. The molecule has 0 radical (unpaired) electrons.